The third kappa shape index (κ3) is 5.46. The van der Waals surface area contributed by atoms with Crippen molar-refractivity contribution in [1.82, 2.24) is 25.7 Å². The number of H-pyrrole nitrogens is 1. The molecule has 1 aliphatic rings. The van der Waals surface area contributed by atoms with Crippen LogP contribution >= 0.6 is 0 Å². The van der Waals surface area contributed by atoms with Crippen molar-refractivity contribution < 1.29 is 23.9 Å². The molecule has 194 valence electrons. The number of fused-ring (bicyclic) bond motifs is 1. The summed E-state index contributed by atoms with van der Waals surface area (Å²) in [6, 6.07) is 7.81. The average molecular weight is 509 g/mol. The molecule has 0 saturated carbocycles. The van der Waals surface area contributed by atoms with E-state index in [-0.39, 0.29) is 23.6 Å². The van der Waals surface area contributed by atoms with Gasteiger partial charge in [0, 0.05) is 22.8 Å². The van der Waals surface area contributed by atoms with Crippen molar-refractivity contribution in [3.63, 3.8) is 0 Å². The Morgan fingerprint density at radius 1 is 1.24 bits per heavy atom. The first kappa shape index (κ1) is 25.8. The molecule has 0 fully saturated rings. The van der Waals surface area contributed by atoms with E-state index in [1.807, 2.05) is 6.92 Å². The number of allylic oxidation sites excluding steroid dienone is 1. The Morgan fingerprint density at radius 2 is 2.03 bits per heavy atom. The minimum absolute atomic E-state index is 0.0971. The Hall–Kier alpha value is -4.25. The molecule has 1 aromatic heterocycles. The summed E-state index contributed by atoms with van der Waals surface area (Å²) in [5.74, 6) is -1.48. The molecule has 0 radical (unpaired) electrons. The fourth-order valence-corrected chi connectivity index (χ4v) is 4.32. The molecule has 10 nitrogen and oxygen atoms in total. The molecular weight excluding hydrogens is 479 g/mol. The van der Waals surface area contributed by atoms with Gasteiger partial charge in [0.1, 0.15) is 12.5 Å². The van der Waals surface area contributed by atoms with Gasteiger partial charge in [0.2, 0.25) is 5.91 Å². The van der Waals surface area contributed by atoms with E-state index in [4.69, 9.17) is 0 Å². The van der Waals surface area contributed by atoms with Gasteiger partial charge in [-0.15, -0.1) is 0 Å². The minimum Gasteiger partial charge on any atom is -0.376 e. The molecule has 2 heterocycles. The molecule has 0 saturated heterocycles. The standard InChI is InChI=1S/C26H29FN6O4/c1-4-14(2)33(13-34)22(35)11-17-9-16(5-7-20(17)27)24-23(15(3)29-26(37)31-24)25(36)30-19-6-8-21-18(10-19)12-28-32-21/h5-10,12,14,24,34H,4,11,13H2,1-3H3,(H,28,32)(H,30,36)(H2,29,31,37). The number of anilines is 1. The molecule has 11 heteroatoms. The molecule has 2 atom stereocenters. The number of nitrogens with one attached hydrogen (secondary N) is 4. The van der Waals surface area contributed by atoms with Crippen LogP contribution in [0, 0.1) is 5.82 Å². The second-order valence-electron chi connectivity index (χ2n) is 8.99. The van der Waals surface area contributed by atoms with Gasteiger partial charge < -0.3 is 26.0 Å². The summed E-state index contributed by atoms with van der Waals surface area (Å²) in [6.45, 7) is 4.82. The molecule has 0 bridgehead atoms. The van der Waals surface area contributed by atoms with E-state index in [2.05, 4.69) is 26.1 Å². The number of hydrogen-bond donors (Lipinski definition) is 5. The van der Waals surface area contributed by atoms with Crippen molar-refractivity contribution in [2.45, 2.75) is 45.7 Å². The van der Waals surface area contributed by atoms with E-state index in [1.165, 1.54) is 23.1 Å². The van der Waals surface area contributed by atoms with E-state index in [1.54, 1.807) is 38.2 Å². The number of aromatic nitrogens is 2. The summed E-state index contributed by atoms with van der Waals surface area (Å²) in [7, 11) is 0. The van der Waals surface area contributed by atoms with Crippen molar-refractivity contribution in [2.24, 2.45) is 0 Å². The Bertz CT molecular complexity index is 1380. The number of halogens is 1. The summed E-state index contributed by atoms with van der Waals surface area (Å²) >= 11 is 0. The van der Waals surface area contributed by atoms with Crippen LogP contribution in [0.15, 0.2) is 53.9 Å². The van der Waals surface area contributed by atoms with Crippen LogP contribution in [-0.2, 0) is 16.0 Å². The van der Waals surface area contributed by atoms with Crippen molar-refractivity contribution in [2.75, 3.05) is 12.0 Å². The molecule has 0 aliphatic carbocycles. The van der Waals surface area contributed by atoms with Gasteiger partial charge >= 0.3 is 6.03 Å². The van der Waals surface area contributed by atoms with Crippen LogP contribution in [0.1, 0.15) is 44.4 Å². The Balaban J connectivity index is 1.63. The third-order valence-corrected chi connectivity index (χ3v) is 6.55. The minimum atomic E-state index is -0.885. The molecular formula is C26H29FN6O4. The normalized spacial score (nSPS) is 16.2. The van der Waals surface area contributed by atoms with Crippen LogP contribution in [0.2, 0.25) is 0 Å². The average Bonchev–Trinajstić information content (AvgIpc) is 3.33. The van der Waals surface area contributed by atoms with Gasteiger partial charge in [-0.1, -0.05) is 13.0 Å². The van der Waals surface area contributed by atoms with E-state index in [0.717, 1.165) is 10.9 Å². The van der Waals surface area contributed by atoms with E-state index < -0.39 is 36.4 Å². The number of nitrogens with zero attached hydrogens (tertiary/aromatic N) is 2. The number of rotatable bonds is 8. The van der Waals surface area contributed by atoms with Crippen LogP contribution in [0.25, 0.3) is 10.9 Å². The maximum atomic E-state index is 14.7. The van der Waals surface area contributed by atoms with Gasteiger partial charge in [-0.05, 0) is 61.7 Å². The molecule has 5 N–H and O–H groups in total. The van der Waals surface area contributed by atoms with Gasteiger partial charge in [0.05, 0.1) is 29.7 Å². The van der Waals surface area contributed by atoms with Crippen molar-refractivity contribution in [3.05, 3.63) is 70.8 Å². The van der Waals surface area contributed by atoms with E-state index >= 15 is 0 Å². The summed E-state index contributed by atoms with van der Waals surface area (Å²) in [5, 5.41) is 25.4. The molecule has 2 aromatic carbocycles. The van der Waals surface area contributed by atoms with Crippen LogP contribution in [-0.4, -0.2) is 50.8 Å². The Morgan fingerprint density at radius 3 is 2.76 bits per heavy atom. The number of aliphatic hydroxyl groups excluding tert-OH is 1. The zero-order valence-electron chi connectivity index (χ0n) is 20.8. The number of amides is 4. The number of carbonyl (C=O) groups is 3. The predicted molar refractivity (Wildman–Crippen MR) is 136 cm³/mol. The Labute approximate surface area is 212 Å². The maximum absolute atomic E-state index is 14.7. The predicted octanol–water partition coefficient (Wildman–Crippen LogP) is 3.09. The monoisotopic (exact) mass is 508 g/mol. The SMILES string of the molecule is CCC(C)N(CO)C(=O)Cc1cc(C2NC(=O)NC(C)=C2C(=O)Nc2ccc3[nH]ncc3c2)ccc1F. The zero-order valence-corrected chi connectivity index (χ0v) is 20.8. The molecule has 4 amide bonds. The fourth-order valence-electron chi connectivity index (χ4n) is 4.32. The number of carbonyl (C=O) groups excluding carboxylic acids is 3. The molecule has 37 heavy (non-hydrogen) atoms. The molecule has 0 spiro atoms. The first-order valence-electron chi connectivity index (χ1n) is 11.9. The van der Waals surface area contributed by atoms with Gasteiger partial charge in [-0.2, -0.15) is 5.10 Å². The van der Waals surface area contributed by atoms with Crippen molar-refractivity contribution in [3.8, 4) is 0 Å². The fraction of sp³-hybridized carbons (Fsp3) is 0.308. The topological polar surface area (TPSA) is 139 Å². The Kier molecular flexibility index (Phi) is 7.53. The number of aliphatic hydroxyl groups is 1. The molecule has 4 rings (SSSR count). The second kappa shape index (κ2) is 10.8. The van der Waals surface area contributed by atoms with Crippen LogP contribution in [0.3, 0.4) is 0 Å². The van der Waals surface area contributed by atoms with Gasteiger partial charge in [0.25, 0.3) is 5.91 Å². The zero-order chi connectivity index (χ0) is 26.7. The summed E-state index contributed by atoms with van der Waals surface area (Å²) in [4.78, 5) is 39.7. The van der Waals surface area contributed by atoms with Gasteiger partial charge in [-0.25, -0.2) is 9.18 Å². The van der Waals surface area contributed by atoms with Gasteiger partial charge in [0.15, 0.2) is 0 Å². The molecule has 1 aliphatic heterocycles. The summed E-state index contributed by atoms with van der Waals surface area (Å²) in [6.07, 6.45) is 1.99. The lowest BCUT2D eigenvalue weighted by atomic mass is 9.92. The molecule has 3 aromatic rings. The van der Waals surface area contributed by atoms with Gasteiger partial charge in [-0.3, -0.25) is 14.7 Å². The van der Waals surface area contributed by atoms with Crippen LogP contribution in [0.5, 0.6) is 0 Å². The van der Waals surface area contributed by atoms with E-state index in [9.17, 15) is 23.9 Å². The highest BCUT2D eigenvalue weighted by molar-refractivity contribution is 6.07. The number of hydrogen-bond acceptors (Lipinski definition) is 5. The summed E-state index contributed by atoms with van der Waals surface area (Å²) in [5.41, 5.74) is 2.48. The lowest BCUT2D eigenvalue weighted by Crippen LogP contribution is -2.46. The van der Waals surface area contributed by atoms with Crippen molar-refractivity contribution >= 4 is 34.4 Å². The smallest absolute Gasteiger partial charge is 0.319 e. The maximum Gasteiger partial charge on any atom is 0.319 e. The number of aromatic amines is 1. The summed E-state index contributed by atoms with van der Waals surface area (Å²) < 4.78 is 14.7. The lowest BCUT2D eigenvalue weighted by Gasteiger charge is -2.29. The van der Waals surface area contributed by atoms with Crippen LogP contribution < -0.4 is 16.0 Å². The second-order valence-corrected chi connectivity index (χ2v) is 8.99. The van der Waals surface area contributed by atoms with Crippen LogP contribution in [0.4, 0.5) is 14.9 Å². The quantitative estimate of drug-likeness (QED) is 0.298. The van der Waals surface area contributed by atoms with E-state index in [0.29, 0.717) is 23.4 Å². The highest BCUT2D eigenvalue weighted by atomic mass is 19.1. The third-order valence-electron chi connectivity index (χ3n) is 6.55. The molecule has 2 unspecified atom stereocenters. The number of benzene rings is 2. The highest BCUT2D eigenvalue weighted by Gasteiger charge is 2.32. The first-order chi connectivity index (χ1) is 17.7. The first-order valence-corrected chi connectivity index (χ1v) is 11.9. The number of urea groups is 1. The van der Waals surface area contributed by atoms with Crippen molar-refractivity contribution in [1.29, 1.82) is 0 Å². The largest absolute Gasteiger partial charge is 0.376 e. The highest BCUT2D eigenvalue weighted by Crippen LogP contribution is 2.30. The lowest BCUT2D eigenvalue weighted by molar-refractivity contribution is -0.136.